The first-order valence-corrected chi connectivity index (χ1v) is 9.37. The van der Waals surface area contributed by atoms with Gasteiger partial charge in [0.25, 0.3) is 0 Å². The molecule has 0 atom stereocenters. The number of hydrogen-bond donors (Lipinski definition) is 0. The lowest BCUT2D eigenvalue weighted by Gasteiger charge is -2.37. The summed E-state index contributed by atoms with van der Waals surface area (Å²) in [4.78, 5) is 11.7. The third-order valence-corrected chi connectivity index (χ3v) is 5.19. The predicted molar refractivity (Wildman–Crippen MR) is 102 cm³/mol. The molecular formula is C18H23ClN6. The SMILES string of the molecule is Clc1cccc(N2CCN(c3cnnc(N4CCCCC4)n3)CC2)c1. The summed E-state index contributed by atoms with van der Waals surface area (Å²) in [5.41, 5.74) is 1.18. The second-order valence-corrected chi connectivity index (χ2v) is 7.05. The molecule has 2 saturated heterocycles. The molecule has 0 spiro atoms. The molecule has 2 aromatic rings. The molecule has 1 aromatic heterocycles. The summed E-state index contributed by atoms with van der Waals surface area (Å²) < 4.78 is 0. The van der Waals surface area contributed by atoms with Crippen molar-refractivity contribution in [2.24, 2.45) is 0 Å². The lowest BCUT2D eigenvalue weighted by atomic mass is 10.1. The number of piperazine rings is 1. The monoisotopic (exact) mass is 358 g/mol. The normalized spacial score (nSPS) is 18.5. The molecule has 0 unspecified atom stereocenters. The maximum absolute atomic E-state index is 6.11. The quantitative estimate of drug-likeness (QED) is 0.840. The van der Waals surface area contributed by atoms with E-state index in [9.17, 15) is 0 Å². The van der Waals surface area contributed by atoms with Crippen LogP contribution < -0.4 is 14.7 Å². The number of halogens is 1. The Hall–Kier alpha value is -2.08. The van der Waals surface area contributed by atoms with E-state index in [1.165, 1.54) is 24.9 Å². The molecule has 1 aromatic carbocycles. The molecule has 6 nitrogen and oxygen atoms in total. The predicted octanol–water partition coefficient (Wildman–Crippen LogP) is 2.84. The van der Waals surface area contributed by atoms with Crippen molar-refractivity contribution < 1.29 is 0 Å². The number of benzene rings is 1. The molecule has 0 radical (unpaired) electrons. The minimum Gasteiger partial charge on any atom is -0.368 e. The minimum atomic E-state index is 0.773. The number of rotatable bonds is 3. The van der Waals surface area contributed by atoms with Crippen LogP contribution in [-0.2, 0) is 0 Å². The summed E-state index contributed by atoms with van der Waals surface area (Å²) >= 11 is 6.11. The van der Waals surface area contributed by atoms with Gasteiger partial charge in [-0.1, -0.05) is 17.7 Å². The van der Waals surface area contributed by atoms with Gasteiger partial charge < -0.3 is 14.7 Å². The molecule has 2 aliphatic heterocycles. The van der Waals surface area contributed by atoms with Gasteiger partial charge in [-0.15, -0.1) is 5.10 Å². The van der Waals surface area contributed by atoms with Crippen LogP contribution in [0, 0.1) is 0 Å². The first-order chi connectivity index (χ1) is 12.3. The van der Waals surface area contributed by atoms with Gasteiger partial charge in [-0.2, -0.15) is 10.1 Å². The highest BCUT2D eigenvalue weighted by Crippen LogP contribution is 2.23. The first-order valence-electron chi connectivity index (χ1n) is 9.00. The maximum Gasteiger partial charge on any atom is 0.247 e. The standard InChI is InChI=1S/C18H23ClN6/c19-15-5-4-6-16(13-15)23-9-11-24(12-10-23)17-14-20-22-18(21-17)25-7-2-1-3-8-25/h4-6,13-14H,1-3,7-12H2. The van der Waals surface area contributed by atoms with E-state index < -0.39 is 0 Å². The fraction of sp³-hybridized carbons (Fsp3) is 0.500. The minimum absolute atomic E-state index is 0.773. The largest absolute Gasteiger partial charge is 0.368 e. The van der Waals surface area contributed by atoms with Crippen molar-refractivity contribution in [3.8, 4) is 0 Å². The summed E-state index contributed by atoms with van der Waals surface area (Å²) in [6.45, 7) is 5.81. The average molecular weight is 359 g/mol. The molecule has 3 heterocycles. The van der Waals surface area contributed by atoms with E-state index in [4.69, 9.17) is 16.6 Å². The molecule has 25 heavy (non-hydrogen) atoms. The van der Waals surface area contributed by atoms with Crippen LogP contribution in [0.3, 0.4) is 0 Å². The molecule has 7 heteroatoms. The van der Waals surface area contributed by atoms with Crippen molar-refractivity contribution in [2.45, 2.75) is 19.3 Å². The summed E-state index contributed by atoms with van der Waals surface area (Å²) in [6, 6.07) is 8.05. The van der Waals surface area contributed by atoms with E-state index in [2.05, 4.69) is 31.0 Å². The van der Waals surface area contributed by atoms with E-state index in [1.54, 1.807) is 6.20 Å². The zero-order valence-electron chi connectivity index (χ0n) is 14.3. The summed E-state index contributed by atoms with van der Waals surface area (Å²) in [5.74, 6) is 1.70. The van der Waals surface area contributed by atoms with Crippen LogP contribution in [0.1, 0.15) is 19.3 Å². The Morgan fingerprint density at radius 2 is 1.60 bits per heavy atom. The molecule has 132 valence electrons. The highest BCUT2D eigenvalue weighted by atomic mass is 35.5. The Morgan fingerprint density at radius 1 is 0.840 bits per heavy atom. The fourth-order valence-corrected chi connectivity index (χ4v) is 3.72. The lowest BCUT2D eigenvalue weighted by molar-refractivity contribution is 0.563. The van der Waals surface area contributed by atoms with Gasteiger partial charge in [0, 0.05) is 50.0 Å². The fourth-order valence-electron chi connectivity index (χ4n) is 3.53. The summed E-state index contributed by atoms with van der Waals surface area (Å²) in [6.07, 6.45) is 5.51. The lowest BCUT2D eigenvalue weighted by Crippen LogP contribution is -2.47. The van der Waals surface area contributed by atoms with Gasteiger partial charge in [0.1, 0.15) is 0 Å². The molecule has 0 amide bonds. The van der Waals surface area contributed by atoms with Crippen LogP contribution in [0.2, 0.25) is 5.02 Å². The van der Waals surface area contributed by atoms with Gasteiger partial charge in [-0.3, -0.25) is 0 Å². The Balaban J connectivity index is 1.42. The van der Waals surface area contributed by atoms with Gasteiger partial charge in [0.2, 0.25) is 5.95 Å². The van der Waals surface area contributed by atoms with Crippen LogP contribution >= 0.6 is 11.6 Å². The number of anilines is 3. The van der Waals surface area contributed by atoms with Crippen LogP contribution in [0.25, 0.3) is 0 Å². The Kier molecular flexibility index (Phi) is 4.88. The van der Waals surface area contributed by atoms with Crippen molar-refractivity contribution in [1.82, 2.24) is 15.2 Å². The van der Waals surface area contributed by atoms with Crippen molar-refractivity contribution in [3.05, 3.63) is 35.5 Å². The van der Waals surface area contributed by atoms with Crippen LogP contribution in [0.5, 0.6) is 0 Å². The number of hydrogen-bond acceptors (Lipinski definition) is 6. The molecule has 0 aliphatic carbocycles. The molecule has 0 bridgehead atoms. The number of aromatic nitrogens is 3. The van der Waals surface area contributed by atoms with Gasteiger partial charge in [-0.05, 0) is 37.5 Å². The van der Waals surface area contributed by atoms with Crippen LogP contribution in [0.4, 0.5) is 17.5 Å². The van der Waals surface area contributed by atoms with Crippen molar-refractivity contribution >= 4 is 29.1 Å². The Morgan fingerprint density at radius 3 is 2.36 bits per heavy atom. The molecule has 2 fully saturated rings. The Labute approximate surface area is 153 Å². The first kappa shape index (κ1) is 16.4. The van der Waals surface area contributed by atoms with Crippen molar-refractivity contribution in [3.63, 3.8) is 0 Å². The highest BCUT2D eigenvalue weighted by molar-refractivity contribution is 6.30. The second kappa shape index (κ2) is 7.44. The molecule has 4 rings (SSSR count). The number of nitrogens with zero attached hydrogens (tertiary/aromatic N) is 6. The van der Waals surface area contributed by atoms with E-state index in [1.807, 2.05) is 18.2 Å². The van der Waals surface area contributed by atoms with Gasteiger partial charge in [0.15, 0.2) is 5.82 Å². The van der Waals surface area contributed by atoms with E-state index in [0.29, 0.717) is 0 Å². The molecule has 0 saturated carbocycles. The van der Waals surface area contributed by atoms with Gasteiger partial charge in [-0.25, -0.2) is 0 Å². The van der Waals surface area contributed by atoms with Crippen LogP contribution in [0.15, 0.2) is 30.5 Å². The van der Waals surface area contributed by atoms with E-state index in [-0.39, 0.29) is 0 Å². The molecular weight excluding hydrogens is 336 g/mol. The average Bonchev–Trinajstić information content (AvgIpc) is 2.69. The Bertz CT molecular complexity index is 710. The second-order valence-electron chi connectivity index (χ2n) is 6.62. The van der Waals surface area contributed by atoms with Crippen molar-refractivity contribution in [2.75, 3.05) is 54.0 Å². The highest BCUT2D eigenvalue weighted by Gasteiger charge is 2.21. The smallest absolute Gasteiger partial charge is 0.247 e. The zero-order valence-corrected chi connectivity index (χ0v) is 15.1. The van der Waals surface area contributed by atoms with Gasteiger partial charge >= 0.3 is 0 Å². The summed E-state index contributed by atoms with van der Waals surface area (Å²) in [7, 11) is 0. The topological polar surface area (TPSA) is 48.4 Å². The third kappa shape index (κ3) is 3.79. The molecule has 0 N–H and O–H groups in total. The summed E-state index contributed by atoms with van der Waals surface area (Å²) in [5, 5.41) is 9.22. The van der Waals surface area contributed by atoms with Crippen LogP contribution in [-0.4, -0.2) is 54.4 Å². The zero-order chi connectivity index (χ0) is 17.1. The van der Waals surface area contributed by atoms with Gasteiger partial charge in [0.05, 0.1) is 6.20 Å². The van der Waals surface area contributed by atoms with E-state index >= 15 is 0 Å². The van der Waals surface area contributed by atoms with Crippen molar-refractivity contribution in [1.29, 1.82) is 0 Å². The third-order valence-electron chi connectivity index (χ3n) is 4.95. The maximum atomic E-state index is 6.11. The number of piperidine rings is 1. The molecule has 2 aliphatic rings. The van der Waals surface area contributed by atoms with E-state index in [0.717, 1.165) is 56.1 Å².